The number of rotatable bonds is 4. The second kappa shape index (κ2) is 15.9. The molecule has 0 bridgehead atoms. The highest BCUT2D eigenvalue weighted by Gasteiger charge is 2.08. The molecule has 208 valence electrons. The molecule has 0 spiro atoms. The summed E-state index contributed by atoms with van der Waals surface area (Å²) in [5.74, 6) is -5.25. The molecular weight excluding hydrogens is 528 g/mol. The highest BCUT2D eigenvalue weighted by atomic mass is 16.4. The van der Waals surface area contributed by atoms with E-state index >= 15 is 0 Å². The number of benzene rings is 4. The lowest BCUT2D eigenvalue weighted by Gasteiger charge is -1.95. The number of para-hydroxylation sites is 4. The quantitative estimate of drug-likeness (QED) is 0.176. The minimum absolute atomic E-state index is 0.0671. The van der Waals surface area contributed by atoms with Gasteiger partial charge in [-0.25, -0.2) is 19.2 Å². The molecule has 4 aromatic rings. The molecule has 0 aliphatic heterocycles. The predicted molar refractivity (Wildman–Crippen MR) is 140 cm³/mol. The van der Waals surface area contributed by atoms with Gasteiger partial charge in [-0.2, -0.15) is 0 Å². The van der Waals surface area contributed by atoms with Gasteiger partial charge in [0.25, 0.3) is 0 Å². The van der Waals surface area contributed by atoms with Crippen molar-refractivity contribution in [2.75, 3.05) is 0 Å². The number of hydrogen-bond donors (Lipinski definition) is 8. The zero-order valence-electron chi connectivity index (χ0n) is 20.4. The molecule has 0 atom stereocenters. The summed E-state index contributed by atoms with van der Waals surface area (Å²) < 4.78 is 0. The summed E-state index contributed by atoms with van der Waals surface area (Å²) in [6, 6.07) is 23.2. The summed E-state index contributed by atoms with van der Waals surface area (Å²) in [7, 11) is 0. The van der Waals surface area contributed by atoms with Crippen LogP contribution in [0, 0.1) is 0 Å². The van der Waals surface area contributed by atoms with Crippen LogP contribution in [-0.2, 0) is 0 Å². The lowest BCUT2D eigenvalue weighted by Crippen LogP contribution is -1.95. The van der Waals surface area contributed by atoms with Gasteiger partial charge in [-0.15, -0.1) is 0 Å². The van der Waals surface area contributed by atoms with Crippen LogP contribution in [0.4, 0.5) is 0 Å². The van der Waals surface area contributed by atoms with Crippen LogP contribution in [-0.4, -0.2) is 64.7 Å². The van der Waals surface area contributed by atoms with E-state index in [1.165, 1.54) is 48.5 Å². The van der Waals surface area contributed by atoms with Crippen LogP contribution in [0.15, 0.2) is 97.1 Å². The first-order chi connectivity index (χ1) is 18.9. The fraction of sp³-hybridized carbons (Fsp3) is 0. The number of carboxylic acids is 4. The SMILES string of the molecule is O=C(O)c1ccccc1O.O=C(O)c1ccccc1O.O=C(O)c1ccccc1O.O=C(O)c1ccccc1O. The third-order valence-electron chi connectivity index (χ3n) is 4.54. The zero-order chi connectivity index (χ0) is 30.2. The molecular formula is C28H24O12. The Morgan fingerprint density at radius 1 is 0.325 bits per heavy atom. The minimum atomic E-state index is -1.11. The highest BCUT2D eigenvalue weighted by molar-refractivity contribution is 5.92. The van der Waals surface area contributed by atoms with Crippen molar-refractivity contribution in [3.05, 3.63) is 119 Å². The van der Waals surface area contributed by atoms with Gasteiger partial charge in [-0.1, -0.05) is 48.5 Å². The maximum absolute atomic E-state index is 10.3. The van der Waals surface area contributed by atoms with Gasteiger partial charge in [0, 0.05) is 0 Å². The Balaban J connectivity index is 0.000000267. The Morgan fingerprint density at radius 2 is 0.475 bits per heavy atom. The third-order valence-corrected chi connectivity index (χ3v) is 4.54. The van der Waals surface area contributed by atoms with Crippen LogP contribution in [0.1, 0.15) is 41.4 Å². The Bertz CT molecular complexity index is 1240. The fourth-order valence-electron chi connectivity index (χ4n) is 2.62. The van der Waals surface area contributed by atoms with Crippen molar-refractivity contribution >= 4 is 23.9 Å². The summed E-state index contributed by atoms with van der Waals surface area (Å²) in [5, 5.41) is 69.2. The average molecular weight is 552 g/mol. The molecule has 0 aliphatic rings. The Labute approximate surface area is 226 Å². The highest BCUT2D eigenvalue weighted by Crippen LogP contribution is 2.16. The lowest BCUT2D eigenvalue weighted by molar-refractivity contribution is 0.0682. The van der Waals surface area contributed by atoms with E-state index in [9.17, 15) is 19.2 Å². The van der Waals surface area contributed by atoms with E-state index in [0.717, 1.165) is 0 Å². The summed E-state index contributed by atoms with van der Waals surface area (Å²) in [6.45, 7) is 0. The number of aromatic hydroxyl groups is 4. The Kier molecular flexibility index (Phi) is 12.7. The van der Waals surface area contributed by atoms with Crippen LogP contribution in [0.3, 0.4) is 0 Å². The largest absolute Gasteiger partial charge is 0.507 e. The van der Waals surface area contributed by atoms with Crippen LogP contribution < -0.4 is 0 Å². The average Bonchev–Trinajstić information content (AvgIpc) is 2.90. The van der Waals surface area contributed by atoms with Crippen molar-refractivity contribution in [2.24, 2.45) is 0 Å². The van der Waals surface area contributed by atoms with E-state index in [2.05, 4.69) is 0 Å². The minimum Gasteiger partial charge on any atom is -0.507 e. The van der Waals surface area contributed by atoms with Crippen LogP contribution in [0.25, 0.3) is 0 Å². The monoisotopic (exact) mass is 552 g/mol. The van der Waals surface area contributed by atoms with Crippen LogP contribution in [0.5, 0.6) is 23.0 Å². The molecule has 40 heavy (non-hydrogen) atoms. The molecule has 0 heterocycles. The number of phenols is 4. The van der Waals surface area contributed by atoms with Crippen molar-refractivity contribution in [1.29, 1.82) is 0 Å². The normalized spacial score (nSPS) is 9.20. The van der Waals surface area contributed by atoms with Crippen LogP contribution >= 0.6 is 0 Å². The summed E-state index contributed by atoms with van der Waals surface area (Å²) in [5.41, 5.74) is -0.269. The molecule has 8 N–H and O–H groups in total. The molecule has 4 aromatic carbocycles. The second-order valence-electron chi connectivity index (χ2n) is 7.29. The topological polar surface area (TPSA) is 230 Å². The molecule has 0 amide bonds. The van der Waals surface area contributed by atoms with Gasteiger partial charge in [0.15, 0.2) is 0 Å². The van der Waals surface area contributed by atoms with Crippen molar-refractivity contribution < 1.29 is 60.0 Å². The zero-order valence-corrected chi connectivity index (χ0v) is 20.4. The van der Waals surface area contributed by atoms with Crippen molar-refractivity contribution in [1.82, 2.24) is 0 Å². The van der Waals surface area contributed by atoms with Crippen LogP contribution in [0.2, 0.25) is 0 Å². The molecule has 4 rings (SSSR count). The molecule has 0 aliphatic carbocycles. The lowest BCUT2D eigenvalue weighted by atomic mass is 10.2. The summed E-state index contributed by atoms with van der Waals surface area (Å²) in [6.07, 6.45) is 0. The third kappa shape index (κ3) is 10.5. The maximum atomic E-state index is 10.3. The molecule has 12 nitrogen and oxygen atoms in total. The van der Waals surface area contributed by atoms with E-state index in [0.29, 0.717) is 0 Å². The van der Waals surface area contributed by atoms with Gasteiger partial charge >= 0.3 is 23.9 Å². The van der Waals surface area contributed by atoms with Gasteiger partial charge in [-0.05, 0) is 48.5 Å². The number of carboxylic acid groups (broad SMARTS) is 4. The van der Waals surface area contributed by atoms with Crippen molar-refractivity contribution in [3.63, 3.8) is 0 Å². The molecule has 0 saturated heterocycles. The van der Waals surface area contributed by atoms with Gasteiger partial charge in [-0.3, -0.25) is 0 Å². The van der Waals surface area contributed by atoms with E-state index in [1.54, 1.807) is 48.5 Å². The predicted octanol–water partition coefficient (Wildman–Crippen LogP) is 4.36. The van der Waals surface area contributed by atoms with Gasteiger partial charge in [0.2, 0.25) is 0 Å². The van der Waals surface area contributed by atoms with E-state index in [4.69, 9.17) is 40.9 Å². The first-order valence-electron chi connectivity index (χ1n) is 10.9. The van der Waals surface area contributed by atoms with Gasteiger partial charge in [0.1, 0.15) is 45.3 Å². The van der Waals surface area contributed by atoms with Crippen molar-refractivity contribution in [3.8, 4) is 23.0 Å². The number of hydrogen-bond acceptors (Lipinski definition) is 8. The molecule has 0 saturated carbocycles. The smallest absolute Gasteiger partial charge is 0.339 e. The van der Waals surface area contributed by atoms with Gasteiger partial charge in [0.05, 0.1) is 0 Å². The first kappa shape index (κ1) is 32.0. The fourth-order valence-corrected chi connectivity index (χ4v) is 2.62. The first-order valence-corrected chi connectivity index (χ1v) is 10.9. The van der Waals surface area contributed by atoms with E-state index in [1.807, 2.05) is 0 Å². The summed E-state index contributed by atoms with van der Waals surface area (Å²) >= 11 is 0. The number of carbonyl (C=O) groups is 4. The summed E-state index contributed by atoms with van der Waals surface area (Å²) in [4.78, 5) is 41.0. The standard InChI is InChI=1S/4C7H6O3/c4*8-6-4-2-1-3-5(6)7(9)10/h4*1-4,8H,(H,9,10). The van der Waals surface area contributed by atoms with E-state index < -0.39 is 23.9 Å². The second-order valence-corrected chi connectivity index (χ2v) is 7.29. The number of aromatic carboxylic acids is 4. The maximum Gasteiger partial charge on any atom is 0.339 e. The molecule has 0 radical (unpaired) electrons. The Morgan fingerprint density at radius 3 is 0.575 bits per heavy atom. The van der Waals surface area contributed by atoms with Gasteiger partial charge < -0.3 is 40.9 Å². The molecule has 0 aromatic heterocycles. The van der Waals surface area contributed by atoms with Crippen molar-refractivity contribution in [2.45, 2.75) is 0 Å². The Hall–Kier alpha value is -6.04. The van der Waals surface area contributed by atoms with E-state index in [-0.39, 0.29) is 45.3 Å². The molecule has 0 unspecified atom stereocenters. The molecule has 0 fully saturated rings. The molecule has 12 heteroatoms.